The van der Waals surface area contributed by atoms with Gasteiger partial charge in [-0.1, -0.05) is 46.7 Å². The van der Waals surface area contributed by atoms with Crippen LogP contribution in [0.25, 0.3) is 6.08 Å². The van der Waals surface area contributed by atoms with Crippen LogP contribution >= 0.6 is 27.7 Å². The van der Waals surface area contributed by atoms with Crippen LogP contribution in [0.1, 0.15) is 28.8 Å². The number of amides is 1. The lowest BCUT2D eigenvalue weighted by molar-refractivity contribution is 0.102. The second-order valence-electron chi connectivity index (χ2n) is 5.83. The van der Waals surface area contributed by atoms with Gasteiger partial charge in [0, 0.05) is 20.6 Å². The molecule has 0 fully saturated rings. The van der Waals surface area contributed by atoms with E-state index in [1.165, 1.54) is 18.0 Å². The summed E-state index contributed by atoms with van der Waals surface area (Å²) >= 11 is 4.85. The maximum atomic E-state index is 12.6. The van der Waals surface area contributed by atoms with Gasteiger partial charge in [0.2, 0.25) is 0 Å². The van der Waals surface area contributed by atoms with E-state index in [0.29, 0.717) is 11.4 Å². The first-order chi connectivity index (χ1) is 13.6. The van der Waals surface area contributed by atoms with Gasteiger partial charge in [-0.25, -0.2) is 9.97 Å². The number of hydrogen-bond donors (Lipinski definition) is 2. The number of benzene rings is 2. The Morgan fingerprint density at radius 3 is 2.64 bits per heavy atom. The van der Waals surface area contributed by atoms with E-state index in [-0.39, 0.29) is 5.91 Å². The summed E-state index contributed by atoms with van der Waals surface area (Å²) in [6.45, 7) is 2.04. The Balaban J connectivity index is 1.85. The molecule has 5 nitrogen and oxygen atoms in total. The molecule has 1 amide bonds. The lowest BCUT2D eigenvalue weighted by Gasteiger charge is -2.11. The molecular formula is C21H19BrN4OS. The molecule has 1 heterocycles. The van der Waals surface area contributed by atoms with Crippen LogP contribution in [0.4, 0.5) is 5.69 Å². The number of para-hydroxylation sites is 1. The van der Waals surface area contributed by atoms with Crippen LogP contribution in [0.15, 0.2) is 75.2 Å². The Morgan fingerprint density at radius 1 is 1.18 bits per heavy atom. The number of anilines is 1. The molecule has 0 saturated heterocycles. The highest BCUT2D eigenvalue weighted by Crippen LogP contribution is 2.33. The predicted octanol–water partition coefficient (Wildman–Crippen LogP) is 5.13. The van der Waals surface area contributed by atoms with Crippen molar-refractivity contribution in [3.63, 3.8) is 0 Å². The molecule has 0 spiro atoms. The highest BCUT2D eigenvalue weighted by Gasteiger charge is 2.11. The fourth-order valence-corrected chi connectivity index (χ4v) is 3.65. The lowest BCUT2D eigenvalue weighted by Crippen LogP contribution is -2.12. The van der Waals surface area contributed by atoms with E-state index in [9.17, 15) is 4.79 Å². The van der Waals surface area contributed by atoms with E-state index < -0.39 is 0 Å². The molecule has 3 rings (SSSR count). The van der Waals surface area contributed by atoms with Gasteiger partial charge in [0.15, 0.2) is 5.82 Å². The molecule has 3 N–H and O–H groups in total. The first-order valence-electron chi connectivity index (χ1n) is 8.69. The van der Waals surface area contributed by atoms with Gasteiger partial charge in [0.25, 0.3) is 5.91 Å². The van der Waals surface area contributed by atoms with Gasteiger partial charge in [-0.05, 0) is 61.2 Å². The number of rotatable bonds is 6. The van der Waals surface area contributed by atoms with E-state index in [2.05, 4.69) is 31.2 Å². The highest BCUT2D eigenvalue weighted by molar-refractivity contribution is 9.10. The molecule has 7 heteroatoms. The molecule has 0 unspecified atom stereocenters. The van der Waals surface area contributed by atoms with Crippen LogP contribution in [-0.4, -0.2) is 15.9 Å². The average molecular weight is 455 g/mol. The van der Waals surface area contributed by atoms with Gasteiger partial charge in [0.1, 0.15) is 5.03 Å². The van der Waals surface area contributed by atoms with Crippen molar-refractivity contribution in [1.29, 1.82) is 0 Å². The first-order valence-corrected chi connectivity index (χ1v) is 10.3. The third-order valence-electron chi connectivity index (χ3n) is 3.84. The molecule has 0 saturated carbocycles. The van der Waals surface area contributed by atoms with Crippen LogP contribution in [0.2, 0.25) is 0 Å². The minimum Gasteiger partial charge on any atom is -0.404 e. The van der Waals surface area contributed by atoms with Gasteiger partial charge in [-0.2, -0.15) is 0 Å². The quantitative estimate of drug-likeness (QED) is 0.504. The van der Waals surface area contributed by atoms with Crippen LogP contribution < -0.4 is 11.1 Å². The predicted molar refractivity (Wildman–Crippen MR) is 117 cm³/mol. The molecule has 1 aromatic heterocycles. The zero-order valence-corrected chi connectivity index (χ0v) is 17.6. The minimum atomic E-state index is -0.163. The van der Waals surface area contributed by atoms with E-state index in [1.807, 2.05) is 49.4 Å². The van der Waals surface area contributed by atoms with Crippen molar-refractivity contribution in [1.82, 2.24) is 9.97 Å². The molecule has 0 radical (unpaired) electrons. The molecule has 2 aromatic carbocycles. The Kier molecular flexibility index (Phi) is 6.84. The van der Waals surface area contributed by atoms with E-state index in [0.717, 1.165) is 32.2 Å². The summed E-state index contributed by atoms with van der Waals surface area (Å²) in [5.41, 5.74) is 7.73. The van der Waals surface area contributed by atoms with E-state index >= 15 is 0 Å². The molecule has 0 bridgehead atoms. The van der Waals surface area contributed by atoms with Crippen molar-refractivity contribution in [3.05, 3.63) is 82.4 Å². The minimum absolute atomic E-state index is 0.163. The molecule has 0 aliphatic rings. The van der Waals surface area contributed by atoms with Crippen molar-refractivity contribution in [2.45, 2.75) is 23.3 Å². The van der Waals surface area contributed by atoms with Crippen molar-refractivity contribution >= 4 is 45.4 Å². The maximum absolute atomic E-state index is 12.6. The number of nitrogens with zero attached hydrogens (tertiary/aromatic N) is 2. The maximum Gasteiger partial charge on any atom is 0.255 e. The molecule has 142 valence electrons. The molecule has 28 heavy (non-hydrogen) atoms. The second-order valence-corrected chi connectivity index (χ2v) is 7.81. The molecule has 0 aliphatic carbocycles. The number of nitrogens with one attached hydrogen (secondary N) is 1. The molecule has 0 atom stereocenters. The molecule has 3 aromatic rings. The smallest absolute Gasteiger partial charge is 0.255 e. The second kappa shape index (κ2) is 9.52. The van der Waals surface area contributed by atoms with Gasteiger partial charge >= 0.3 is 0 Å². The third-order valence-corrected chi connectivity index (χ3v) is 5.36. The number of aromatic nitrogens is 2. The Hall–Kier alpha value is -2.64. The number of carbonyl (C=O) groups excluding carboxylic acids is 1. The number of carbonyl (C=O) groups is 1. The summed E-state index contributed by atoms with van der Waals surface area (Å²) in [6, 6.07) is 16.8. The number of aryl methyl sites for hydroxylation is 1. The summed E-state index contributed by atoms with van der Waals surface area (Å²) in [7, 11) is 0. The van der Waals surface area contributed by atoms with Crippen molar-refractivity contribution in [2.24, 2.45) is 5.73 Å². The Morgan fingerprint density at radius 2 is 1.93 bits per heavy atom. The fraction of sp³-hybridized carbons (Fsp3) is 0.0952. The van der Waals surface area contributed by atoms with Crippen molar-refractivity contribution < 1.29 is 4.79 Å². The SMILES string of the molecule is CCc1cc(Sc2ccccc2NC(=O)c2ccc(Br)cc2)nc(C=CN)n1. The Labute approximate surface area is 176 Å². The summed E-state index contributed by atoms with van der Waals surface area (Å²) in [5.74, 6) is 0.407. The van der Waals surface area contributed by atoms with Gasteiger partial charge < -0.3 is 11.1 Å². The normalized spacial score (nSPS) is 10.9. The topological polar surface area (TPSA) is 80.9 Å². The summed E-state index contributed by atoms with van der Waals surface area (Å²) in [6.07, 6.45) is 3.89. The van der Waals surface area contributed by atoms with Gasteiger partial charge in [0.05, 0.1) is 5.69 Å². The first kappa shape index (κ1) is 20.1. The largest absolute Gasteiger partial charge is 0.404 e. The standard InChI is InChI=1S/C21H19BrN4OS/c1-2-16-13-20(26-19(24-16)11-12-23)28-18-6-4-3-5-17(18)25-21(27)14-7-9-15(22)10-8-14/h3-13H,2,23H2,1H3,(H,25,27). The van der Waals surface area contributed by atoms with Crippen molar-refractivity contribution in [3.8, 4) is 0 Å². The van der Waals surface area contributed by atoms with Gasteiger partial charge in [-0.3, -0.25) is 4.79 Å². The van der Waals surface area contributed by atoms with Crippen LogP contribution in [0, 0.1) is 0 Å². The summed E-state index contributed by atoms with van der Waals surface area (Å²) in [5, 5.41) is 3.78. The highest BCUT2D eigenvalue weighted by atomic mass is 79.9. The Bertz CT molecular complexity index is 1010. The van der Waals surface area contributed by atoms with Gasteiger partial charge in [-0.15, -0.1) is 0 Å². The zero-order chi connectivity index (χ0) is 19.9. The third kappa shape index (κ3) is 5.21. The zero-order valence-electron chi connectivity index (χ0n) is 15.2. The fourth-order valence-electron chi connectivity index (χ4n) is 2.45. The number of hydrogen-bond acceptors (Lipinski definition) is 5. The monoisotopic (exact) mass is 454 g/mol. The van der Waals surface area contributed by atoms with E-state index in [4.69, 9.17) is 5.73 Å². The molecule has 0 aliphatic heterocycles. The number of nitrogens with two attached hydrogens (primary N) is 1. The average Bonchev–Trinajstić information content (AvgIpc) is 2.70. The summed E-state index contributed by atoms with van der Waals surface area (Å²) in [4.78, 5) is 22.4. The molecular weight excluding hydrogens is 436 g/mol. The van der Waals surface area contributed by atoms with Crippen LogP contribution in [0.3, 0.4) is 0 Å². The lowest BCUT2D eigenvalue weighted by atomic mass is 10.2. The van der Waals surface area contributed by atoms with E-state index in [1.54, 1.807) is 18.2 Å². The van der Waals surface area contributed by atoms with Crippen LogP contribution in [-0.2, 0) is 6.42 Å². The number of halogens is 1. The summed E-state index contributed by atoms with van der Waals surface area (Å²) < 4.78 is 0.929. The van der Waals surface area contributed by atoms with Crippen molar-refractivity contribution in [2.75, 3.05) is 5.32 Å². The van der Waals surface area contributed by atoms with Crippen LogP contribution in [0.5, 0.6) is 0 Å².